The van der Waals surface area contributed by atoms with Crippen molar-refractivity contribution in [3.63, 3.8) is 0 Å². The minimum absolute atomic E-state index is 0. The molecule has 0 amide bonds. The van der Waals surface area contributed by atoms with Crippen LogP contribution in [0.3, 0.4) is 0 Å². The lowest BCUT2D eigenvalue weighted by Crippen LogP contribution is -1.90. The molecule has 0 aromatic rings. The third-order valence-corrected chi connectivity index (χ3v) is 2.70. The molecule has 0 saturated carbocycles. The van der Waals surface area contributed by atoms with Crippen LogP contribution in [0.15, 0.2) is 0 Å². The van der Waals surface area contributed by atoms with Crippen molar-refractivity contribution in [1.82, 2.24) is 0 Å². The Morgan fingerprint density at radius 2 is 1.20 bits per heavy atom. The summed E-state index contributed by atoms with van der Waals surface area (Å²) in [7, 11) is 0. The Balaban J connectivity index is -0.000000208. The first-order valence-electron chi connectivity index (χ1n) is 6.72. The van der Waals surface area contributed by atoms with E-state index in [1.807, 2.05) is 0 Å². The molecule has 0 bridgehead atoms. The maximum Gasteiger partial charge on any atom is -0.0445 e. The first-order chi connectivity index (χ1) is 6.72. The van der Waals surface area contributed by atoms with Gasteiger partial charge in [0, 0.05) is 0 Å². The number of unbranched alkanes of at least 4 members (excludes halogenated alkanes) is 4. The molecule has 0 fully saturated rings. The molecule has 0 aromatic heterocycles. The Morgan fingerprint density at radius 3 is 1.47 bits per heavy atom. The van der Waals surface area contributed by atoms with Crippen LogP contribution in [0.5, 0.6) is 0 Å². The zero-order chi connectivity index (χ0) is 11.2. The van der Waals surface area contributed by atoms with Gasteiger partial charge in [0.2, 0.25) is 0 Å². The molecule has 0 aliphatic rings. The average Bonchev–Trinajstić information content (AvgIpc) is 2.20. The fraction of sp³-hybridized carbons (Fsp3) is 1.00. The highest BCUT2D eigenvalue weighted by Crippen LogP contribution is 2.11. The minimum atomic E-state index is 0. The van der Waals surface area contributed by atoms with E-state index in [4.69, 9.17) is 0 Å². The monoisotopic (exact) mass is 216 g/mol. The topological polar surface area (TPSA) is 0 Å². The van der Waals surface area contributed by atoms with Gasteiger partial charge in [-0.25, -0.2) is 0 Å². The van der Waals surface area contributed by atoms with E-state index in [1.165, 1.54) is 51.4 Å². The van der Waals surface area contributed by atoms with E-state index in [-0.39, 0.29) is 7.43 Å². The summed E-state index contributed by atoms with van der Waals surface area (Å²) in [4.78, 5) is 0. The van der Waals surface area contributed by atoms with Gasteiger partial charge in [-0.05, 0) is 5.92 Å². The molecule has 0 spiro atoms. The van der Waals surface area contributed by atoms with E-state index < -0.39 is 0 Å². The highest BCUT2D eigenvalue weighted by Gasteiger charge is 1.95. The van der Waals surface area contributed by atoms with E-state index in [9.17, 15) is 0 Å². The molecule has 0 saturated heterocycles. The maximum atomic E-state index is 2.34. The summed E-state index contributed by atoms with van der Waals surface area (Å²) in [5, 5.41) is 0. The summed E-state index contributed by atoms with van der Waals surface area (Å²) >= 11 is 0. The standard InChI is InChI=1S/C9H20.C5H12.CH4/c1-4-6-7-8-9(3)5-2;1-3-5-4-2;/h9H,4-8H2,1-3H3;3-5H2,1-2H3;1H4. The van der Waals surface area contributed by atoms with Crippen molar-refractivity contribution < 1.29 is 0 Å². The van der Waals surface area contributed by atoms with E-state index in [0.29, 0.717) is 0 Å². The molecular formula is C15H36. The average molecular weight is 216 g/mol. The Bertz CT molecular complexity index is 74.1. The van der Waals surface area contributed by atoms with Crippen molar-refractivity contribution in [2.75, 3.05) is 0 Å². The number of hydrogen-bond donors (Lipinski definition) is 0. The summed E-state index contributed by atoms with van der Waals surface area (Å²) in [6, 6.07) is 0. The van der Waals surface area contributed by atoms with Crippen molar-refractivity contribution >= 4 is 0 Å². The first-order valence-corrected chi connectivity index (χ1v) is 6.72. The van der Waals surface area contributed by atoms with E-state index in [1.54, 1.807) is 0 Å². The maximum absolute atomic E-state index is 2.34. The third kappa shape index (κ3) is 24.9. The molecule has 1 unspecified atom stereocenters. The molecule has 1 atom stereocenters. The molecule has 0 N–H and O–H groups in total. The number of rotatable bonds is 7. The summed E-state index contributed by atoms with van der Waals surface area (Å²) in [5.41, 5.74) is 0. The third-order valence-electron chi connectivity index (χ3n) is 2.70. The second kappa shape index (κ2) is 19.6. The lowest BCUT2D eigenvalue weighted by atomic mass is 10.0. The summed E-state index contributed by atoms with van der Waals surface area (Å²) in [6.07, 6.45) is 11.1. The van der Waals surface area contributed by atoms with Crippen LogP contribution in [-0.4, -0.2) is 0 Å². The van der Waals surface area contributed by atoms with Gasteiger partial charge in [-0.3, -0.25) is 0 Å². The summed E-state index contributed by atoms with van der Waals surface area (Å²) in [5.74, 6) is 0.955. The van der Waals surface area contributed by atoms with E-state index in [2.05, 4.69) is 34.6 Å². The van der Waals surface area contributed by atoms with Crippen LogP contribution in [0.4, 0.5) is 0 Å². The predicted molar refractivity (Wildman–Crippen MR) is 75.5 cm³/mol. The normalized spacial score (nSPS) is 11.0. The second-order valence-corrected chi connectivity index (χ2v) is 4.36. The van der Waals surface area contributed by atoms with Crippen molar-refractivity contribution in [2.24, 2.45) is 5.92 Å². The predicted octanol–water partition coefficient (Wildman–Crippen LogP) is 6.45. The lowest BCUT2D eigenvalue weighted by Gasteiger charge is -2.05. The molecule has 96 valence electrons. The van der Waals surface area contributed by atoms with E-state index in [0.717, 1.165) is 5.92 Å². The van der Waals surface area contributed by atoms with Crippen LogP contribution >= 0.6 is 0 Å². The highest BCUT2D eigenvalue weighted by atomic mass is 14.0. The van der Waals surface area contributed by atoms with Crippen LogP contribution < -0.4 is 0 Å². The van der Waals surface area contributed by atoms with Gasteiger partial charge >= 0.3 is 0 Å². The summed E-state index contributed by atoms with van der Waals surface area (Å²) in [6.45, 7) is 11.3. The Morgan fingerprint density at radius 1 is 0.733 bits per heavy atom. The van der Waals surface area contributed by atoms with Gasteiger partial charge in [0.1, 0.15) is 0 Å². The zero-order valence-corrected chi connectivity index (χ0v) is 11.2. The van der Waals surface area contributed by atoms with Crippen molar-refractivity contribution in [3.8, 4) is 0 Å². The smallest absolute Gasteiger partial charge is 0.0445 e. The van der Waals surface area contributed by atoms with Gasteiger partial charge < -0.3 is 0 Å². The van der Waals surface area contributed by atoms with Crippen LogP contribution in [-0.2, 0) is 0 Å². The van der Waals surface area contributed by atoms with E-state index >= 15 is 0 Å². The van der Waals surface area contributed by atoms with Crippen LogP contribution in [0.25, 0.3) is 0 Å². The van der Waals surface area contributed by atoms with Crippen LogP contribution in [0, 0.1) is 5.92 Å². The molecule has 0 rings (SSSR count). The van der Waals surface area contributed by atoms with Gasteiger partial charge in [-0.1, -0.05) is 93.4 Å². The highest BCUT2D eigenvalue weighted by molar-refractivity contribution is 4.49. The Labute approximate surface area is 99.9 Å². The minimum Gasteiger partial charge on any atom is -0.0776 e. The second-order valence-electron chi connectivity index (χ2n) is 4.36. The van der Waals surface area contributed by atoms with Gasteiger partial charge in [0.05, 0.1) is 0 Å². The molecule has 0 aromatic carbocycles. The SMILES string of the molecule is C.CCCCC.CCCCCC(C)CC. The lowest BCUT2D eigenvalue weighted by molar-refractivity contribution is 0.482. The molecule has 0 heterocycles. The van der Waals surface area contributed by atoms with Crippen molar-refractivity contribution in [1.29, 1.82) is 0 Å². The van der Waals surface area contributed by atoms with Crippen LogP contribution in [0.1, 0.15) is 93.4 Å². The molecule has 0 heteroatoms. The van der Waals surface area contributed by atoms with Gasteiger partial charge in [-0.15, -0.1) is 0 Å². The molecule has 15 heavy (non-hydrogen) atoms. The quantitative estimate of drug-likeness (QED) is 0.429. The van der Waals surface area contributed by atoms with Gasteiger partial charge in [0.15, 0.2) is 0 Å². The number of hydrogen-bond acceptors (Lipinski definition) is 0. The molecule has 0 nitrogen and oxygen atoms in total. The largest absolute Gasteiger partial charge is 0.0776 e. The Hall–Kier alpha value is 0. The zero-order valence-electron chi connectivity index (χ0n) is 11.2. The molecular weight excluding hydrogens is 180 g/mol. The molecule has 0 aliphatic carbocycles. The molecule has 0 radical (unpaired) electrons. The summed E-state index contributed by atoms with van der Waals surface area (Å²) < 4.78 is 0. The molecule has 0 aliphatic heterocycles. The fourth-order valence-corrected chi connectivity index (χ4v) is 1.30. The van der Waals surface area contributed by atoms with Crippen molar-refractivity contribution in [2.45, 2.75) is 93.4 Å². The fourth-order valence-electron chi connectivity index (χ4n) is 1.30. The van der Waals surface area contributed by atoms with Crippen molar-refractivity contribution in [3.05, 3.63) is 0 Å². The Kier molecular flexibility index (Phi) is 26.6. The van der Waals surface area contributed by atoms with Gasteiger partial charge in [0.25, 0.3) is 0 Å². The van der Waals surface area contributed by atoms with Gasteiger partial charge in [-0.2, -0.15) is 0 Å². The van der Waals surface area contributed by atoms with Crippen LogP contribution in [0.2, 0.25) is 0 Å². The first kappa shape index (κ1) is 20.4.